The third-order valence-corrected chi connectivity index (χ3v) is 1.50. The van der Waals surface area contributed by atoms with Crippen LogP contribution in [0.1, 0.15) is 13.8 Å². The van der Waals surface area contributed by atoms with E-state index in [0.717, 1.165) is 0 Å². The molecule has 1 aromatic rings. The molecule has 0 amide bonds. The second kappa shape index (κ2) is 3.92. The Balaban J connectivity index is 2.86. The molecule has 0 N–H and O–H groups in total. The van der Waals surface area contributed by atoms with Crippen LogP contribution in [0.15, 0.2) is 6.20 Å². The fourth-order valence-corrected chi connectivity index (χ4v) is 1.01. The van der Waals surface area contributed by atoms with Gasteiger partial charge in [-0.2, -0.15) is 0 Å². The summed E-state index contributed by atoms with van der Waals surface area (Å²) in [5, 5.41) is 0.361. The first-order valence-corrected chi connectivity index (χ1v) is 4.20. The summed E-state index contributed by atoms with van der Waals surface area (Å²) in [6.45, 7) is 3.79. The zero-order valence-electron chi connectivity index (χ0n) is 6.71. The smallest absolute Gasteiger partial charge is 0.224 e. The number of hydrogen-bond donors (Lipinski definition) is 0. The van der Waals surface area contributed by atoms with E-state index in [1.807, 2.05) is 13.8 Å². The summed E-state index contributed by atoms with van der Waals surface area (Å²) in [5.41, 5.74) is 0. The van der Waals surface area contributed by atoms with Gasteiger partial charge in [-0.1, -0.05) is 11.6 Å². The molecule has 0 saturated heterocycles. The van der Waals surface area contributed by atoms with Crippen LogP contribution in [0, 0.1) is 0 Å². The fraction of sp³-hybridized carbons (Fsp3) is 0.429. The molecule has 1 rings (SSSR count). The molecule has 0 atom stereocenters. The predicted molar refractivity (Wildman–Crippen MR) is 47.8 cm³/mol. The van der Waals surface area contributed by atoms with Crippen molar-refractivity contribution < 1.29 is 4.74 Å². The third kappa shape index (κ3) is 2.50. The van der Waals surface area contributed by atoms with Crippen LogP contribution < -0.4 is 4.74 Å². The largest absolute Gasteiger partial charge is 0.486 e. The Morgan fingerprint density at radius 3 is 2.58 bits per heavy atom. The molecule has 1 heterocycles. The van der Waals surface area contributed by atoms with E-state index in [9.17, 15) is 0 Å². The topological polar surface area (TPSA) is 35.0 Å². The van der Waals surface area contributed by atoms with Gasteiger partial charge in [0.2, 0.25) is 5.28 Å². The van der Waals surface area contributed by atoms with Crippen LogP contribution in [0.5, 0.6) is 5.75 Å². The second-order valence-electron chi connectivity index (χ2n) is 2.46. The van der Waals surface area contributed by atoms with Crippen LogP contribution in [-0.2, 0) is 0 Å². The molecule has 0 aliphatic carbocycles. The summed E-state index contributed by atoms with van der Waals surface area (Å²) in [6, 6.07) is 0. The van der Waals surface area contributed by atoms with Gasteiger partial charge in [0.25, 0.3) is 0 Å². The van der Waals surface area contributed by atoms with Gasteiger partial charge >= 0.3 is 0 Å². The van der Waals surface area contributed by atoms with Crippen LogP contribution in [0.25, 0.3) is 0 Å². The molecule has 0 saturated carbocycles. The van der Waals surface area contributed by atoms with Gasteiger partial charge in [0.05, 0.1) is 12.3 Å². The van der Waals surface area contributed by atoms with Crippen molar-refractivity contribution in [2.45, 2.75) is 20.0 Å². The number of nitrogens with zero attached hydrogens (tertiary/aromatic N) is 2. The van der Waals surface area contributed by atoms with Gasteiger partial charge in [0.15, 0.2) is 10.9 Å². The van der Waals surface area contributed by atoms with E-state index in [-0.39, 0.29) is 16.5 Å². The van der Waals surface area contributed by atoms with E-state index < -0.39 is 0 Å². The van der Waals surface area contributed by atoms with E-state index in [2.05, 4.69) is 9.97 Å². The van der Waals surface area contributed by atoms with Gasteiger partial charge in [0, 0.05) is 0 Å². The first kappa shape index (κ1) is 9.55. The minimum absolute atomic E-state index is 0.0484. The number of rotatable bonds is 2. The maximum atomic E-state index is 5.71. The zero-order chi connectivity index (χ0) is 9.14. The third-order valence-electron chi connectivity index (χ3n) is 1.04. The quantitative estimate of drug-likeness (QED) is 0.552. The lowest BCUT2D eigenvalue weighted by Crippen LogP contribution is -2.06. The lowest BCUT2D eigenvalue weighted by Gasteiger charge is -2.09. The van der Waals surface area contributed by atoms with Gasteiger partial charge < -0.3 is 4.74 Å². The molecular formula is C7H8Cl2N2O. The molecule has 12 heavy (non-hydrogen) atoms. The molecule has 0 aliphatic heterocycles. The summed E-state index contributed by atoms with van der Waals surface area (Å²) >= 11 is 11.2. The van der Waals surface area contributed by atoms with Crippen LogP contribution in [0.3, 0.4) is 0 Å². The maximum Gasteiger partial charge on any atom is 0.224 e. The van der Waals surface area contributed by atoms with Crippen molar-refractivity contribution in [3.63, 3.8) is 0 Å². The van der Waals surface area contributed by atoms with E-state index in [0.29, 0.717) is 5.75 Å². The molecule has 5 heteroatoms. The van der Waals surface area contributed by atoms with Crippen LogP contribution in [0.4, 0.5) is 0 Å². The van der Waals surface area contributed by atoms with E-state index in [1.165, 1.54) is 6.20 Å². The van der Waals surface area contributed by atoms with Crippen molar-refractivity contribution in [3.05, 3.63) is 16.6 Å². The molecule has 0 unspecified atom stereocenters. The number of aromatic nitrogens is 2. The van der Waals surface area contributed by atoms with Gasteiger partial charge in [0.1, 0.15) is 0 Å². The highest BCUT2D eigenvalue weighted by atomic mass is 35.5. The Labute approximate surface area is 80.7 Å². The molecule has 0 bridgehead atoms. The van der Waals surface area contributed by atoms with Crippen molar-refractivity contribution in [1.82, 2.24) is 9.97 Å². The maximum absolute atomic E-state index is 5.71. The average Bonchev–Trinajstić information content (AvgIpc) is 1.94. The number of ether oxygens (including phenoxy) is 1. The van der Waals surface area contributed by atoms with Gasteiger partial charge in [-0.15, -0.1) is 0 Å². The molecule has 0 spiro atoms. The summed E-state index contributed by atoms with van der Waals surface area (Å²) in [7, 11) is 0. The minimum Gasteiger partial charge on any atom is -0.486 e. The second-order valence-corrected chi connectivity index (χ2v) is 3.16. The summed E-state index contributed by atoms with van der Waals surface area (Å²) in [4.78, 5) is 7.46. The van der Waals surface area contributed by atoms with Crippen LogP contribution in [-0.4, -0.2) is 16.1 Å². The van der Waals surface area contributed by atoms with Crippen LogP contribution in [0.2, 0.25) is 10.4 Å². The Kier molecular flexibility index (Phi) is 3.12. The number of halogens is 2. The minimum atomic E-state index is 0.0484. The monoisotopic (exact) mass is 206 g/mol. The number of hydrogen-bond acceptors (Lipinski definition) is 3. The van der Waals surface area contributed by atoms with Gasteiger partial charge in [-0.25, -0.2) is 9.97 Å². The van der Waals surface area contributed by atoms with Crippen molar-refractivity contribution >= 4 is 23.2 Å². The lowest BCUT2D eigenvalue weighted by molar-refractivity contribution is 0.240. The predicted octanol–water partition coefficient (Wildman–Crippen LogP) is 2.57. The summed E-state index contributed by atoms with van der Waals surface area (Å²) in [6.07, 6.45) is 1.50. The highest BCUT2D eigenvalue weighted by Gasteiger charge is 2.05. The molecule has 66 valence electrons. The first-order valence-electron chi connectivity index (χ1n) is 3.44. The molecule has 0 fully saturated rings. The Morgan fingerprint density at radius 2 is 2.08 bits per heavy atom. The van der Waals surface area contributed by atoms with E-state index in [4.69, 9.17) is 27.9 Å². The van der Waals surface area contributed by atoms with Crippen LogP contribution >= 0.6 is 23.2 Å². The highest BCUT2D eigenvalue weighted by molar-refractivity contribution is 6.32. The zero-order valence-corrected chi connectivity index (χ0v) is 8.23. The highest BCUT2D eigenvalue weighted by Crippen LogP contribution is 2.22. The molecule has 3 nitrogen and oxygen atoms in total. The molecule has 0 aliphatic rings. The van der Waals surface area contributed by atoms with Crippen molar-refractivity contribution in [3.8, 4) is 5.75 Å². The van der Waals surface area contributed by atoms with Crippen molar-refractivity contribution in [2.24, 2.45) is 0 Å². The average molecular weight is 207 g/mol. The summed E-state index contributed by atoms with van der Waals surface area (Å²) in [5.74, 6) is 0.455. The standard InChI is InChI=1S/C7H8Cl2N2O/c1-4(2)12-5-3-10-7(9)11-6(5)8/h3-4H,1-2H3. The first-order chi connectivity index (χ1) is 5.59. The Bertz CT molecular complexity index is 278. The van der Waals surface area contributed by atoms with Crippen molar-refractivity contribution in [1.29, 1.82) is 0 Å². The van der Waals surface area contributed by atoms with Crippen molar-refractivity contribution in [2.75, 3.05) is 0 Å². The van der Waals surface area contributed by atoms with Gasteiger partial charge in [-0.3, -0.25) is 0 Å². The Hall–Kier alpha value is -0.540. The normalized spacial score (nSPS) is 10.4. The van der Waals surface area contributed by atoms with E-state index >= 15 is 0 Å². The molecule has 0 radical (unpaired) electrons. The SMILES string of the molecule is CC(C)Oc1cnc(Cl)nc1Cl. The molecule has 1 aromatic heterocycles. The Morgan fingerprint density at radius 1 is 1.42 bits per heavy atom. The van der Waals surface area contributed by atoms with Gasteiger partial charge in [-0.05, 0) is 25.4 Å². The molecular weight excluding hydrogens is 199 g/mol. The molecule has 0 aromatic carbocycles. The fourth-order valence-electron chi connectivity index (χ4n) is 0.663. The lowest BCUT2D eigenvalue weighted by atomic mass is 10.5. The van der Waals surface area contributed by atoms with E-state index in [1.54, 1.807) is 0 Å². The summed E-state index contributed by atoms with van der Waals surface area (Å²) < 4.78 is 5.28.